The van der Waals surface area contributed by atoms with Crippen molar-refractivity contribution in [3.8, 4) is 0 Å². The minimum Gasteiger partial charge on any atom is -0.342 e. The minimum absolute atomic E-state index is 0.0426. The molecule has 1 aliphatic carbocycles. The van der Waals surface area contributed by atoms with Crippen molar-refractivity contribution < 1.29 is 9.59 Å². The van der Waals surface area contributed by atoms with Crippen LogP contribution in [0.2, 0.25) is 0 Å². The van der Waals surface area contributed by atoms with Crippen LogP contribution in [0, 0.1) is 5.92 Å². The second kappa shape index (κ2) is 6.95. The fraction of sp³-hybridized carbons (Fsp3) is 0.476. The van der Waals surface area contributed by atoms with Gasteiger partial charge in [-0.2, -0.15) is 0 Å². The highest BCUT2D eigenvalue weighted by Crippen LogP contribution is 2.30. The van der Waals surface area contributed by atoms with Gasteiger partial charge < -0.3 is 4.90 Å². The lowest BCUT2D eigenvalue weighted by molar-refractivity contribution is -0.138. The third-order valence-electron chi connectivity index (χ3n) is 5.70. The number of likely N-dealkylation sites (tertiary alicyclic amines) is 1. The molecule has 4 heteroatoms. The van der Waals surface area contributed by atoms with Crippen LogP contribution < -0.4 is 0 Å². The summed E-state index contributed by atoms with van der Waals surface area (Å²) in [5, 5.41) is 2.36. The van der Waals surface area contributed by atoms with Crippen LogP contribution in [0.5, 0.6) is 0 Å². The van der Waals surface area contributed by atoms with Gasteiger partial charge in [-0.3, -0.25) is 14.6 Å². The van der Waals surface area contributed by atoms with Crippen molar-refractivity contribution in [2.24, 2.45) is 5.92 Å². The van der Waals surface area contributed by atoms with E-state index in [1.54, 1.807) is 0 Å². The van der Waals surface area contributed by atoms with Gasteiger partial charge in [0.1, 0.15) is 5.78 Å². The Hall–Kier alpha value is -2.23. The van der Waals surface area contributed by atoms with Crippen LogP contribution in [-0.2, 0) is 9.59 Å². The highest BCUT2D eigenvalue weighted by molar-refractivity contribution is 5.85. The Labute approximate surface area is 148 Å². The number of carbonyl (C=O) groups is 2. The third-order valence-corrected chi connectivity index (χ3v) is 5.70. The lowest BCUT2D eigenvalue weighted by Gasteiger charge is -2.35. The molecule has 1 aromatic carbocycles. The summed E-state index contributed by atoms with van der Waals surface area (Å²) in [4.78, 5) is 30.9. The first-order chi connectivity index (χ1) is 12.2. The molecule has 2 aromatic rings. The molecule has 0 radical (unpaired) electrons. The summed E-state index contributed by atoms with van der Waals surface area (Å²) in [5.74, 6) is 0.910. The molecule has 2 heterocycles. The zero-order valence-corrected chi connectivity index (χ0v) is 14.5. The average Bonchev–Trinajstić information content (AvgIpc) is 2.68. The fourth-order valence-electron chi connectivity index (χ4n) is 4.19. The van der Waals surface area contributed by atoms with Crippen LogP contribution >= 0.6 is 0 Å². The number of carbonyl (C=O) groups excluding carboxylic acids is 2. The van der Waals surface area contributed by atoms with E-state index in [1.807, 2.05) is 23.2 Å². The number of rotatable bonds is 2. The lowest BCUT2D eigenvalue weighted by Crippen LogP contribution is -2.43. The van der Waals surface area contributed by atoms with Gasteiger partial charge in [-0.25, -0.2) is 0 Å². The van der Waals surface area contributed by atoms with Gasteiger partial charge in [0.2, 0.25) is 5.91 Å². The molecule has 0 N–H and O–H groups in total. The first kappa shape index (κ1) is 16.2. The Morgan fingerprint density at radius 2 is 1.84 bits per heavy atom. The molecular weight excluding hydrogens is 312 g/mol. The van der Waals surface area contributed by atoms with E-state index >= 15 is 0 Å². The van der Waals surface area contributed by atoms with E-state index in [4.69, 9.17) is 0 Å². The van der Waals surface area contributed by atoms with Crippen LogP contribution in [-0.4, -0.2) is 34.7 Å². The number of benzene rings is 1. The van der Waals surface area contributed by atoms with Crippen molar-refractivity contribution >= 4 is 22.5 Å². The summed E-state index contributed by atoms with van der Waals surface area (Å²) >= 11 is 0. The predicted molar refractivity (Wildman–Crippen MR) is 97.3 cm³/mol. The Kier molecular flexibility index (Phi) is 4.51. The quantitative estimate of drug-likeness (QED) is 0.840. The molecule has 1 aromatic heterocycles. The van der Waals surface area contributed by atoms with Gasteiger partial charge in [-0.05, 0) is 37.1 Å². The van der Waals surface area contributed by atoms with Gasteiger partial charge in [-0.15, -0.1) is 0 Å². The number of nitrogens with zero attached hydrogens (tertiary/aromatic N) is 2. The molecule has 0 bridgehead atoms. The maximum Gasteiger partial charge on any atom is 0.225 e. The minimum atomic E-state index is 0.0426. The molecule has 2 aliphatic rings. The van der Waals surface area contributed by atoms with E-state index in [-0.39, 0.29) is 11.8 Å². The van der Waals surface area contributed by atoms with Crippen molar-refractivity contribution in [3.63, 3.8) is 0 Å². The number of aromatic nitrogens is 1. The Balaban J connectivity index is 1.48. The van der Waals surface area contributed by atoms with Crippen molar-refractivity contribution in [1.82, 2.24) is 9.88 Å². The largest absolute Gasteiger partial charge is 0.342 e. The zero-order valence-electron chi connectivity index (χ0n) is 14.5. The molecule has 1 saturated carbocycles. The molecule has 1 saturated heterocycles. The average molecular weight is 336 g/mol. The summed E-state index contributed by atoms with van der Waals surface area (Å²) in [6, 6.07) is 10.4. The monoisotopic (exact) mass is 336 g/mol. The SMILES string of the molecule is O=C1CCC(C(=O)N2CCC[C@@H](c3cc4ccccc4cn3)C2)CC1. The molecule has 0 spiro atoms. The summed E-state index contributed by atoms with van der Waals surface area (Å²) < 4.78 is 0. The van der Waals surface area contributed by atoms with Crippen LogP contribution in [0.25, 0.3) is 10.8 Å². The maximum atomic E-state index is 12.8. The lowest BCUT2D eigenvalue weighted by atomic mass is 9.86. The van der Waals surface area contributed by atoms with E-state index in [2.05, 4.69) is 23.2 Å². The summed E-state index contributed by atoms with van der Waals surface area (Å²) in [6.07, 6.45) is 6.65. The number of pyridine rings is 1. The van der Waals surface area contributed by atoms with Gasteiger partial charge in [0.15, 0.2) is 0 Å². The van der Waals surface area contributed by atoms with Crippen molar-refractivity contribution in [3.05, 3.63) is 42.2 Å². The highest BCUT2D eigenvalue weighted by atomic mass is 16.2. The topological polar surface area (TPSA) is 50.3 Å². The molecule has 1 amide bonds. The second-order valence-electron chi connectivity index (χ2n) is 7.39. The molecular formula is C21H24N2O2. The van der Waals surface area contributed by atoms with E-state index in [0.717, 1.165) is 49.9 Å². The standard InChI is InChI=1S/C21H24N2O2/c24-19-9-7-15(8-10-19)21(25)23-11-3-6-18(14-23)20-12-16-4-1-2-5-17(16)13-22-20/h1-2,4-5,12-13,15,18H,3,6-11,14H2/t18-/m1/s1. The molecule has 1 atom stereocenters. The number of Topliss-reactive ketones (excluding diaryl/α,β-unsaturated/α-hetero) is 1. The van der Waals surface area contributed by atoms with E-state index in [9.17, 15) is 9.59 Å². The molecule has 2 fully saturated rings. The molecule has 130 valence electrons. The summed E-state index contributed by atoms with van der Waals surface area (Å²) in [6.45, 7) is 1.60. The van der Waals surface area contributed by atoms with Crippen molar-refractivity contribution in [2.75, 3.05) is 13.1 Å². The van der Waals surface area contributed by atoms with E-state index in [0.29, 0.717) is 24.5 Å². The van der Waals surface area contributed by atoms with Crippen LogP contribution in [0.15, 0.2) is 36.5 Å². The number of ketones is 1. The molecule has 25 heavy (non-hydrogen) atoms. The number of fused-ring (bicyclic) bond motifs is 1. The number of hydrogen-bond donors (Lipinski definition) is 0. The first-order valence-corrected chi connectivity index (χ1v) is 9.36. The van der Waals surface area contributed by atoms with Crippen LogP contribution in [0.4, 0.5) is 0 Å². The third kappa shape index (κ3) is 3.44. The van der Waals surface area contributed by atoms with Gasteiger partial charge in [0.25, 0.3) is 0 Å². The highest BCUT2D eigenvalue weighted by Gasteiger charge is 2.32. The van der Waals surface area contributed by atoms with E-state index in [1.165, 1.54) is 5.39 Å². The van der Waals surface area contributed by atoms with Crippen molar-refractivity contribution in [2.45, 2.75) is 44.4 Å². The van der Waals surface area contributed by atoms with Crippen molar-refractivity contribution in [1.29, 1.82) is 0 Å². The number of piperidine rings is 1. The predicted octanol–water partition coefficient (Wildman–Crippen LogP) is 3.70. The van der Waals surface area contributed by atoms with Crippen LogP contribution in [0.1, 0.15) is 50.1 Å². The Bertz CT molecular complexity index is 791. The van der Waals surface area contributed by atoms with Gasteiger partial charge >= 0.3 is 0 Å². The van der Waals surface area contributed by atoms with Crippen LogP contribution in [0.3, 0.4) is 0 Å². The van der Waals surface area contributed by atoms with Gasteiger partial charge in [0.05, 0.1) is 0 Å². The fourth-order valence-corrected chi connectivity index (χ4v) is 4.19. The molecule has 4 nitrogen and oxygen atoms in total. The smallest absolute Gasteiger partial charge is 0.225 e. The Morgan fingerprint density at radius 1 is 1.08 bits per heavy atom. The maximum absolute atomic E-state index is 12.8. The molecule has 0 unspecified atom stereocenters. The van der Waals surface area contributed by atoms with E-state index < -0.39 is 0 Å². The Morgan fingerprint density at radius 3 is 2.64 bits per heavy atom. The molecule has 4 rings (SSSR count). The summed E-state index contributed by atoms with van der Waals surface area (Å²) in [5.41, 5.74) is 1.09. The second-order valence-corrected chi connectivity index (χ2v) is 7.39. The number of hydrogen-bond acceptors (Lipinski definition) is 3. The number of amides is 1. The molecule has 1 aliphatic heterocycles. The zero-order chi connectivity index (χ0) is 17.2. The van der Waals surface area contributed by atoms with Gasteiger partial charge in [0, 0.05) is 55.0 Å². The summed E-state index contributed by atoms with van der Waals surface area (Å²) in [7, 11) is 0. The normalized spacial score (nSPS) is 22.3. The first-order valence-electron chi connectivity index (χ1n) is 9.36. The van der Waals surface area contributed by atoms with Gasteiger partial charge in [-0.1, -0.05) is 24.3 Å².